The Morgan fingerprint density at radius 2 is 1.95 bits per heavy atom. The molecule has 3 rings (SSSR count). The first-order valence-electron chi connectivity index (χ1n) is 6.41. The highest BCUT2D eigenvalue weighted by Crippen LogP contribution is 2.31. The van der Waals surface area contributed by atoms with Crippen LogP contribution in [-0.4, -0.2) is 34.5 Å². The molecule has 2 amide bonds. The monoisotopic (exact) mass is 323 g/mol. The number of carbonyl (C=O) groups is 2. The van der Waals surface area contributed by atoms with Gasteiger partial charge < -0.3 is 5.11 Å². The van der Waals surface area contributed by atoms with Gasteiger partial charge in [-0.25, -0.2) is 0 Å². The molecule has 100 valence electrons. The van der Waals surface area contributed by atoms with Crippen molar-refractivity contribution in [3.63, 3.8) is 0 Å². The maximum Gasteiger partial charge on any atom is 0.261 e. The molecule has 1 N–H and O–H groups in total. The molecule has 1 fully saturated rings. The molecule has 0 bridgehead atoms. The van der Waals surface area contributed by atoms with Gasteiger partial charge in [0.1, 0.15) is 0 Å². The second-order valence-corrected chi connectivity index (χ2v) is 6.08. The first-order chi connectivity index (χ1) is 9.08. The first-order valence-corrected chi connectivity index (χ1v) is 7.21. The van der Waals surface area contributed by atoms with Crippen LogP contribution < -0.4 is 0 Å². The number of carbonyl (C=O) groups excluding carboxylic acids is 2. The Morgan fingerprint density at radius 1 is 1.21 bits per heavy atom. The lowest BCUT2D eigenvalue weighted by molar-refractivity contribution is 0.0562. The standard InChI is InChI=1S/C14H14BrNO3/c15-9-4-5-10-11(6-9)14(19)16(13(10)18)7-8-2-1-3-12(8)17/h4-6,8,12,17H,1-3,7H2. The van der Waals surface area contributed by atoms with E-state index in [1.54, 1.807) is 18.2 Å². The molecule has 1 aliphatic heterocycles. The Bertz CT molecular complexity index is 558. The third kappa shape index (κ3) is 2.11. The maximum atomic E-state index is 12.3. The van der Waals surface area contributed by atoms with E-state index in [2.05, 4.69) is 15.9 Å². The van der Waals surface area contributed by atoms with E-state index in [0.717, 1.165) is 23.7 Å². The molecule has 0 aromatic heterocycles. The Morgan fingerprint density at radius 3 is 2.63 bits per heavy atom. The van der Waals surface area contributed by atoms with Crippen LogP contribution in [-0.2, 0) is 0 Å². The molecule has 5 heteroatoms. The van der Waals surface area contributed by atoms with Crippen molar-refractivity contribution < 1.29 is 14.7 Å². The van der Waals surface area contributed by atoms with Gasteiger partial charge in [0.15, 0.2) is 0 Å². The molecule has 0 radical (unpaired) electrons. The number of aliphatic hydroxyl groups excluding tert-OH is 1. The van der Waals surface area contributed by atoms with Crippen LogP contribution in [0.3, 0.4) is 0 Å². The van der Waals surface area contributed by atoms with Crippen molar-refractivity contribution in [3.05, 3.63) is 33.8 Å². The fraction of sp³-hybridized carbons (Fsp3) is 0.429. The van der Waals surface area contributed by atoms with Gasteiger partial charge in [-0.15, -0.1) is 0 Å². The predicted octanol–water partition coefficient (Wildman–Crippen LogP) is 2.21. The average Bonchev–Trinajstić information content (AvgIpc) is 2.88. The zero-order valence-corrected chi connectivity index (χ0v) is 11.9. The van der Waals surface area contributed by atoms with Crippen LogP contribution in [0, 0.1) is 5.92 Å². The molecule has 1 saturated carbocycles. The minimum absolute atomic E-state index is 0.0191. The van der Waals surface area contributed by atoms with E-state index in [9.17, 15) is 14.7 Å². The van der Waals surface area contributed by atoms with E-state index < -0.39 is 6.10 Å². The number of fused-ring (bicyclic) bond motifs is 1. The van der Waals surface area contributed by atoms with Gasteiger partial charge in [0.25, 0.3) is 11.8 Å². The number of imide groups is 1. The lowest BCUT2D eigenvalue weighted by Crippen LogP contribution is -2.36. The summed E-state index contributed by atoms with van der Waals surface area (Å²) in [7, 11) is 0. The summed E-state index contributed by atoms with van der Waals surface area (Å²) in [6.07, 6.45) is 2.20. The highest BCUT2D eigenvalue weighted by Gasteiger charge is 2.38. The summed E-state index contributed by atoms with van der Waals surface area (Å²) in [4.78, 5) is 25.8. The lowest BCUT2D eigenvalue weighted by atomic mass is 10.1. The largest absolute Gasteiger partial charge is 0.393 e. The van der Waals surface area contributed by atoms with Gasteiger partial charge in [-0.2, -0.15) is 0 Å². The highest BCUT2D eigenvalue weighted by atomic mass is 79.9. The zero-order chi connectivity index (χ0) is 13.6. The average molecular weight is 324 g/mol. The molecule has 1 aromatic carbocycles. The third-order valence-electron chi connectivity index (χ3n) is 3.97. The summed E-state index contributed by atoms with van der Waals surface area (Å²) in [5.41, 5.74) is 0.910. The fourth-order valence-corrected chi connectivity index (χ4v) is 3.25. The van der Waals surface area contributed by atoms with Gasteiger partial charge in [-0.05, 0) is 31.0 Å². The Kier molecular flexibility index (Phi) is 3.19. The van der Waals surface area contributed by atoms with Gasteiger partial charge >= 0.3 is 0 Å². The van der Waals surface area contributed by atoms with E-state index in [4.69, 9.17) is 0 Å². The maximum absolute atomic E-state index is 12.3. The van der Waals surface area contributed by atoms with Crippen molar-refractivity contribution in [2.45, 2.75) is 25.4 Å². The van der Waals surface area contributed by atoms with E-state index in [1.807, 2.05) is 0 Å². The molecule has 2 atom stereocenters. The molecule has 1 heterocycles. The van der Waals surface area contributed by atoms with Gasteiger partial charge in [0.2, 0.25) is 0 Å². The first kappa shape index (κ1) is 12.8. The van der Waals surface area contributed by atoms with Crippen LogP contribution in [0.2, 0.25) is 0 Å². The predicted molar refractivity (Wildman–Crippen MR) is 72.9 cm³/mol. The molecule has 2 unspecified atom stereocenters. The van der Waals surface area contributed by atoms with Crippen molar-refractivity contribution >= 4 is 27.7 Å². The van der Waals surface area contributed by atoms with E-state index >= 15 is 0 Å². The van der Waals surface area contributed by atoms with E-state index in [0.29, 0.717) is 17.7 Å². The van der Waals surface area contributed by atoms with Crippen molar-refractivity contribution in [2.75, 3.05) is 6.54 Å². The summed E-state index contributed by atoms with van der Waals surface area (Å²) in [5, 5.41) is 9.83. The summed E-state index contributed by atoms with van der Waals surface area (Å²) >= 11 is 3.31. The summed E-state index contributed by atoms with van der Waals surface area (Å²) in [6.45, 7) is 0.325. The van der Waals surface area contributed by atoms with Crippen molar-refractivity contribution in [2.24, 2.45) is 5.92 Å². The molecule has 0 saturated heterocycles. The second kappa shape index (κ2) is 4.72. The van der Waals surface area contributed by atoms with Gasteiger partial charge in [0.05, 0.1) is 17.2 Å². The minimum Gasteiger partial charge on any atom is -0.393 e. The van der Waals surface area contributed by atoms with Gasteiger partial charge in [-0.3, -0.25) is 14.5 Å². The molecule has 2 aliphatic rings. The van der Waals surface area contributed by atoms with Crippen LogP contribution in [0.25, 0.3) is 0 Å². The fourth-order valence-electron chi connectivity index (χ4n) is 2.89. The molecule has 4 nitrogen and oxygen atoms in total. The van der Waals surface area contributed by atoms with Crippen LogP contribution in [0.1, 0.15) is 40.0 Å². The Labute approximate surface area is 119 Å². The van der Waals surface area contributed by atoms with Crippen molar-refractivity contribution in [1.82, 2.24) is 4.90 Å². The molecule has 0 spiro atoms. The van der Waals surface area contributed by atoms with E-state index in [-0.39, 0.29) is 17.7 Å². The zero-order valence-electron chi connectivity index (χ0n) is 10.3. The number of nitrogens with zero attached hydrogens (tertiary/aromatic N) is 1. The smallest absolute Gasteiger partial charge is 0.261 e. The number of aliphatic hydroxyl groups is 1. The molecule has 19 heavy (non-hydrogen) atoms. The van der Waals surface area contributed by atoms with Crippen molar-refractivity contribution in [3.8, 4) is 0 Å². The topological polar surface area (TPSA) is 57.6 Å². The SMILES string of the molecule is O=C1c2ccc(Br)cc2C(=O)N1CC1CCCC1O. The number of hydrogen-bond donors (Lipinski definition) is 1. The summed E-state index contributed by atoms with van der Waals surface area (Å²) < 4.78 is 0.787. The number of hydrogen-bond acceptors (Lipinski definition) is 3. The normalized spacial score (nSPS) is 26.1. The summed E-state index contributed by atoms with van der Waals surface area (Å²) in [5.74, 6) is -0.474. The molecular weight excluding hydrogens is 310 g/mol. The highest BCUT2D eigenvalue weighted by molar-refractivity contribution is 9.10. The number of rotatable bonds is 2. The van der Waals surface area contributed by atoms with Crippen LogP contribution in [0.5, 0.6) is 0 Å². The minimum atomic E-state index is -0.393. The second-order valence-electron chi connectivity index (χ2n) is 5.17. The Balaban J connectivity index is 1.86. The number of benzene rings is 1. The Hall–Kier alpha value is -1.20. The summed E-state index contributed by atoms with van der Waals surface area (Å²) in [6, 6.07) is 5.11. The van der Waals surface area contributed by atoms with E-state index in [1.165, 1.54) is 4.90 Å². The molecule has 1 aliphatic carbocycles. The molecular formula is C14H14BrNO3. The van der Waals surface area contributed by atoms with Crippen molar-refractivity contribution in [1.29, 1.82) is 0 Å². The lowest BCUT2D eigenvalue weighted by Gasteiger charge is -2.21. The van der Waals surface area contributed by atoms with Gasteiger partial charge in [0, 0.05) is 16.9 Å². The quantitative estimate of drug-likeness (QED) is 0.849. The van der Waals surface area contributed by atoms with Crippen LogP contribution >= 0.6 is 15.9 Å². The number of halogens is 1. The van der Waals surface area contributed by atoms with Crippen LogP contribution in [0.15, 0.2) is 22.7 Å². The number of amides is 2. The molecule has 1 aromatic rings. The van der Waals surface area contributed by atoms with Gasteiger partial charge in [-0.1, -0.05) is 22.4 Å². The van der Waals surface area contributed by atoms with Crippen LogP contribution in [0.4, 0.5) is 0 Å². The third-order valence-corrected chi connectivity index (χ3v) is 4.46.